The smallest absolute Gasteiger partial charge is 0.163 e. The molecule has 0 atom stereocenters. The maximum Gasteiger partial charge on any atom is 0.163 e. The van der Waals surface area contributed by atoms with Crippen molar-refractivity contribution in [2.24, 2.45) is 0 Å². The van der Waals surface area contributed by atoms with E-state index in [-0.39, 0.29) is 5.78 Å². The number of benzene rings is 1. The molecule has 0 N–H and O–H groups in total. The van der Waals surface area contributed by atoms with Crippen LogP contribution in [-0.4, -0.2) is 10.4 Å². The second kappa shape index (κ2) is 4.35. The number of nitrogens with zero attached hydrogens (tertiary/aromatic N) is 1. The molecule has 0 bridgehead atoms. The number of ketones is 1. The standard InChI is InChI=1S/C13H13Cl2NO/c1-4-16-12-7(2)10(14)6-5-9(12)11(8(3)17)13(16)15/h5-6H,4H2,1-3H3. The van der Waals surface area contributed by atoms with Crippen molar-refractivity contribution in [3.05, 3.63) is 33.4 Å². The molecule has 0 aliphatic rings. The monoisotopic (exact) mass is 269 g/mol. The SMILES string of the molecule is CCn1c(Cl)c(C(C)=O)c2ccc(Cl)c(C)c21. The van der Waals surface area contributed by atoms with Gasteiger partial charge in [0.25, 0.3) is 0 Å². The van der Waals surface area contributed by atoms with E-state index in [1.54, 1.807) is 0 Å². The van der Waals surface area contributed by atoms with E-state index < -0.39 is 0 Å². The van der Waals surface area contributed by atoms with Gasteiger partial charge < -0.3 is 4.57 Å². The van der Waals surface area contributed by atoms with Crippen molar-refractivity contribution in [2.45, 2.75) is 27.3 Å². The first kappa shape index (κ1) is 12.5. The summed E-state index contributed by atoms with van der Waals surface area (Å²) in [6.45, 7) is 6.18. The van der Waals surface area contributed by atoms with Crippen LogP contribution in [0.1, 0.15) is 29.8 Å². The number of fused-ring (bicyclic) bond motifs is 1. The lowest BCUT2D eigenvalue weighted by Crippen LogP contribution is -1.96. The van der Waals surface area contributed by atoms with Gasteiger partial charge in [0, 0.05) is 17.0 Å². The van der Waals surface area contributed by atoms with Crippen LogP contribution >= 0.6 is 23.2 Å². The molecule has 4 heteroatoms. The number of carbonyl (C=O) groups is 1. The molecule has 0 radical (unpaired) electrons. The van der Waals surface area contributed by atoms with Crippen LogP contribution in [0.3, 0.4) is 0 Å². The van der Waals surface area contributed by atoms with Gasteiger partial charge in [0.05, 0.1) is 11.1 Å². The molecule has 1 aromatic carbocycles. The highest BCUT2D eigenvalue weighted by Gasteiger charge is 2.20. The Bertz CT molecular complexity index is 614. The summed E-state index contributed by atoms with van der Waals surface area (Å²) in [5.74, 6) is -0.0195. The van der Waals surface area contributed by atoms with Crippen LogP contribution in [0.4, 0.5) is 0 Å². The summed E-state index contributed by atoms with van der Waals surface area (Å²) in [4.78, 5) is 11.7. The molecule has 0 aliphatic heterocycles. The first-order chi connectivity index (χ1) is 7.99. The summed E-state index contributed by atoms with van der Waals surface area (Å²) in [5.41, 5.74) is 2.50. The Kier molecular flexibility index (Phi) is 3.19. The summed E-state index contributed by atoms with van der Waals surface area (Å²) in [6.07, 6.45) is 0. The minimum Gasteiger partial charge on any atom is -0.331 e. The quantitative estimate of drug-likeness (QED) is 0.737. The van der Waals surface area contributed by atoms with E-state index in [1.807, 2.05) is 30.5 Å². The normalized spacial score (nSPS) is 11.1. The topological polar surface area (TPSA) is 22.0 Å². The van der Waals surface area contributed by atoms with Gasteiger partial charge in [0.2, 0.25) is 0 Å². The Labute approximate surface area is 110 Å². The lowest BCUT2D eigenvalue weighted by molar-refractivity contribution is 0.101. The van der Waals surface area contributed by atoms with Gasteiger partial charge in [0.1, 0.15) is 5.15 Å². The molecule has 0 fully saturated rings. The molecule has 2 aromatic rings. The second-order valence-electron chi connectivity index (χ2n) is 4.03. The van der Waals surface area contributed by atoms with E-state index in [0.717, 1.165) is 16.5 Å². The molecule has 0 saturated carbocycles. The highest BCUT2D eigenvalue weighted by Crippen LogP contribution is 2.35. The Balaban J connectivity index is 3.00. The van der Waals surface area contributed by atoms with E-state index in [9.17, 15) is 4.79 Å². The van der Waals surface area contributed by atoms with Crippen molar-refractivity contribution in [1.29, 1.82) is 0 Å². The van der Waals surface area contributed by atoms with Crippen molar-refractivity contribution in [1.82, 2.24) is 4.57 Å². The highest BCUT2D eigenvalue weighted by atomic mass is 35.5. The zero-order valence-corrected chi connectivity index (χ0v) is 11.5. The molecular formula is C13H13Cl2NO. The molecule has 1 heterocycles. The van der Waals surface area contributed by atoms with Gasteiger partial charge in [-0.2, -0.15) is 0 Å². The number of hydrogen-bond acceptors (Lipinski definition) is 1. The van der Waals surface area contributed by atoms with Crippen LogP contribution < -0.4 is 0 Å². The summed E-state index contributed by atoms with van der Waals surface area (Å²) in [5, 5.41) is 2.07. The van der Waals surface area contributed by atoms with Crippen molar-refractivity contribution in [2.75, 3.05) is 0 Å². The summed E-state index contributed by atoms with van der Waals surface area (Å²) < 4.78 is 1.93. The zero-order valence-electron chi connectivity index (χ0n) is 9.97. The van der Waals surface area contributed by atoms with E-state index in [0.29, 0.717) is 22.3 Å². The maximum atomic E-state index is 11.7. The van der Waals surface area contributed by atoms with Crippen LogP contribution in [0.5, 0.6) is 0 Å². The van der Waals surface area contributed by atoms with E-state index in [2.05, 4.69) is 0 Å². The molecule has 2 nitrogen and oxygen atoms in total. The molecule has 0 spiro atoms. The third-order valence-electron chi connectivity index (χ3n) is 3.02. The summed E-state index contributed by atoms with van der Waals surface area (Å²) in [7, 11) is 0. The van der Waals surface area contributed by atoms with Crippen LogP contribution in [-0.2, 0) is 6.54 Å². The third kappa shape index (κ3) is 1.76. The highest BCUT2D eigenvalue weighted by molar-refractivity contribution is 6.36. The molecule has 0 amide bonds. The predicted octanol–water partition coefficient (Wildman–Crippen LogP) is 4.48. The lowest BCUT2D eigenvalue weighted by atomic mass is 10.1. The van der Waals surface area contributed by atoms with Crippen LogP contribution in [0.25, 0.3) is 10.9 Å². The number of aryl methyl sites for hydroxylation is 2. The van der Waals surface area contributed by atoms with Crippen molar-refractivity contribution in [3.8, 4) is 0 Å². The fourth-order valence-electron chi connectivity index (χ4n) is 2.20. The van der Waals surface area contributed by atoms with E-state index in [1.165, 1.54) is 6.92 Å². The number of carbonyl (C=O) groups excluding carboxylic acids is 1. The van der Waals surface area contributed by atoms with Crippen LogP contribution in [0.15, 0.2) is 12.1 Å². The second-order valence-corrected chi connectivity index (χ2v) is 4.80. The molecule has 0 unspecified atom stereocenters. The average Bonchev–Trinajstić information content (AvgIpc) is 2.56. The van der Waals surface area contributed by atoms with Crippen molar-refractivity contribution >= 4 is 39.9 Å². The molecular weight excluding hydrogens is 257 g/mol. The number of aromatic nitrogens is 1. The van der Waals surface area contributed by atoms with Crippen LogP contribution in [0, 0.1) is 6.92 Å². The summed E-state index contributed by atoms with van der Waals surface area (Å²) >= 11 is 12.4. The zero-order chi connectivity index (χ0) is 12.7. The largest absolute Gasteiger partial charge is 0.331 e. The third-order valence-corrected chi connectivity index (χ3v) is 3.82. The Hall–Kier alpha value is -0.990. The van der Waals surface area contributed by atoms with Crippen molar-refractivity contribution < 1.29 is 4.79 Å². The Morgan fingerprint density at radius 1 is 1.35 bits per heavy atom. The van der Waals surface area contributed by atoms with Gasteiger partial charge in [-0.25, -0.2) is 0 Å². The van der Waals surface area contributed by atoms with Gasteiger partial charge in [-0.1, -0.05) is 29.3 Å². The Morgan fingerprint density at radius 2 is 2.00 bits per heavy atom. The minimum absolute atomic E-state index is 0.0195. The van der Waals surface area contributed by atoms with Crippen molar-refractivity contribution in [3.63, 3.8) is 0 Å². The summed E-state index contributed by atoms with van der Waals surface area (Å²) in [6, 6.07) is 3.67. The van der Waals surface area contributed by atoms with Gasteiger partial charge in [-0.15, -0.1) is 0 Å². The first-order valence-electron chi connectivity index (χ1n) is 5.46. The van der Waals surface area contributed by atoms with E-state index >= 15 is 0 Å². The van der Waals surface area contributed by atoms with Crippen LogP contribution in [0.2, 0.25) is 10.2 Å². The van der Waals surface area contributed by atoms with E-state index in [4.69, 9.17) is 23.2 Å². The fourth-order valence-corrected chi connectivity index (χ4v) is 2.79. The average molecular weight is 270 g/mol. The van der Waals surface area contributed by atoms with Gasteiger partial charge in [-0.3, -0.25) is 4.79 Å². The van der Waals surface area contributed by atoms with Gasteiger partial charge >= 0.3 is 0 Å². The maximum absolute atomic E-state index is 11.7. The molecule has 0 aliphatic carbocycles. The molecule has 0 saturated heterocycles. The van der Waals surface area contributed by atoms with Gasteiger partial charge in [-0.05, 0) is 32.4 Å². The number of hydrogen-bond donors (Lipinski definition) is 0. The number of rotatable bonds is 2. The number of Topliss-reactive ketones (excluding diaryl/α,β-unsaturated/α-hetero) is 1. The molecule has 17 heavy (non-hydrogen) atoms. The Morgan fingerprint density at radius 3 is 2.53 bits per heavy atom. The minimum atomic E-state index is -0.0195. The first-order valence-corrected chi connectivity index (χ1v) is 6.22. The fraction of sp³-hybridized carbons (Fsp3) is 0.308. The number of halogens is 2. The van der Waals surface area contributed by atoms with Gasteiger partial charge in [0.15, 0.2) is 5.78 Å². The predicted molar refractivity (Wildman–Crippen MR) is 72.4 cm³/mol. The molecule has 2 rings (SSSR count). The lowest BCUT2D eigenvalue weighted by Gasteiger charge is -2.06. The molecule has 1 aromatic heterocycles. The molecule has 90 valence electrons.